The molecule has 0 saturated carbocycles. The second-order valence-corrected chi connectivity index (χ2v) is 5.74. The Bertz CT molecular complexity index is 629. The number of rotatable bonds is 10. The third-order valence-electron chi connectivity index (χ3n) is 3.81. The van der Waals surface area contributed by atoms with Crippen LogP contribution >= 0.6 is 0 Å². The van der Waals surface area contributed by atoms with E-state index < -0.39 is 0 Å². The Morgan fingerprint density at radius 1 is 1.04 bits per heavy atom. The van der Waals surface area contributed by atoms with Crippen molar-refractivity contribution in [2.75, 3.05) is 26.3 Å². The quantitative estimate of drug-likeness (QED) is 0.648. The molecule has 0 aliphatic heterocycles. The number of quaternary nitrogens is 1. The number of benzene rings is 2. The maximum Gasteiger partial charge on any atom is 0.275 e. The predicted molar refractivity (Wildman–Crippen MR) is 97.8 cm³/mol. The Morgan fingerprint density at radius 2 is 1.68 bits per heavy atom. The minimum atomic E-state index is 0.0121. The van der Waals surface area contributed by atoms with Gasteiger partial charge in [-0.3, -0.25) is 4.79 Å². The highest BCUT2D eigenvalue weighted by Gasteiger charge is 2.10. The van der Waals surface area contributed by atoms with Crippen LogP contribution in [0.15, 0.2) is 54.6 Å². The molecule has 2 aromatic rings. The van der Waals surface area contributed by atoms with Gasteiger partial charge in [0, 0.05) is 5.56 Å². The highest BCUT2D eigenvalue weighted by Crippen LogP contribution is 2.17. The van der Waals surface area contributed by atoms with Gasteiger partial charge in [0.05, 0.1) is 13.2 Å². The molecule has 0 saturated heterocycles. The minimum absolute atomic E-state index is 0.0121. The number of carbonyl (C=O) groups excluding carboxylic acids is 1. The van der Waals surface area contributed by atoms with E-state index in [0.717, 1.165) is 11.5 Å². The van der Waals surface area contributed by atoms with Gasteiger partial charge >= 0.3 is 0 Å². The molecule has 0 spiro atoms. The smallest absolute Gasteiger partial charge is 0.275 e. The number of nitrogens with two attached hydrogens (primary N) is 1. The standard InChI is InChI=1S/C20H26N2O3/c1-3-24-18-9-11-19(12-10-18)25-14-13-21-20(23)15-22-16(2)17-7-5-4-6-8-17/h4-12,16,22H,3,13-15H2,1-2H3,(H,21,23)/p+1/t16-/m1/s1. The van der Waals surface area contributed by atoms with E-state index in [9.17, 15) is 4.79 Å². The molecule has 5 nitrogen and oxygen atoms in total. The molecule has 0 unspecified atom stereocenters. The molecule has 0 fully saturated rings. The molecule has 0 aliphatic rings. The molecule has 3 N–H and O–H groups in total. The third-order valence-corrected chi connectivity index (χ3v) is 3.81. The van der Waals surface area contributed by atoms with E-state index in [0.29, 0.717) is 26.3 Å². The molecule has 0 aromatic heterocycles. The maximum absolute atomic E-state index is 11.9. The third kappa shape index (κ3) is 6.85. The number of nitrogens with one attached hydrogen (secondary N) is 1. The van der Waals surface area contributed by atoms with E-state index in [-0.39, 0.29) is 11.9 Å². The van der Waals surface area contributed by atoms with Crippen molar-refractivity contribution < 1.29 is 19.6 Å². The summed E-state index contributed by atoms with van der Waals surface area (Å²) in [5.41, 5.74) is 1.22. The molecule has 0 radical (unpaired) electrons. The van der Waals surface area contributed by atoms with Crippen LogP contribution < -0.4 is 20.1 Å². The van der Waals surface area contributed by atoms with Gasteiger partial charge in [0.1, 0.15) is 24.1 Å². The number of amides is 1. The summed E-state index contributed by atoms with van der Waals surface area (Å²) in [7, 11) is 0. The summed E-state index contributed by atoms with van der Waals surface area (Å²) in [6.45, 7) is 6.02. The van der Waals surface area contributed by atoms with Crippen molar-refractivity contribution in [3.8, 4) is 11.5 Å². The Balaban J connectivity index is 1.60. The zero-order valence-electron chi connectivity index (χ0n) is 14.9. The van der Waals surface area contributed by atoms with E-state index in [4.69, 9.17) is 9.47 Å². The average Bonchev–Trinajstić information content (AvgIpc) is 2.65. The zero-order valence-corrected chi connectivity index (χ0v) is 14.9. The van der Waals surface area contributed by atoms with Gasteiger partial charge in [-0.2, -0.15) is 0 Å². The van der Waals surface area contributed by atoms with Crippen LogP contribution in [0.4, 0.5) is 0 Å². The van der Waals surface area contributed by atoms with Gasteiger partial charge in [-0.25, -0.2) is 0 Å². The zero-order chi connectivity index (χ0) is 17.9. The molecule has 25 heavy (non-hydrogen) atoms. The Labute approximate surface area is 149 Å². The fourth-order valence-electron chi connectivity index (χ4n) is 2.41. The number of carbonyl (C=O) groups is 1. The van der Waals surface area contributed by atoms with Crippen LogP contribution in [-0.4, -0.2) is 32.2 Å². The lowest BCUT2D eigenvalue weighted by Crippen LogP contribution is -2.87. The highest BCUT2D eigenvalue weighted by atomic mass is 16.5. The van der Waals surface area contributed by atoms with Gasteiger partial charge in [0.15, 0.2) is 6.54 Å². The fraction of sp³-hybridized carbons (Fsp3) is 0.350. The Hall–Kier alpha value is -2.53. The van der Waals surface area contributed by atoms with Crippen molar-refractivity contribution >= 4 is 5.91 Å². The monoisotopic (exact) mass is 343 g/mol. The second kappa shape index (κ2) is 10.4. The van der Waals surface area contributed by atoms with Crippen molar-refractivity contribution in [1.82, 2.24) is 5.32 Å². The summed E-state index contributed by atoms with van der Waals surface area (Å²) in [5.74, 6) is 1.60. The largest absolute Gasteiger partial charge is 0.494 e. The van der Waals surface area contributed by atoms with Crippen molar-refractivity contribution in [2.45, 2.75) is 19.9 Å². The first-order valence-electron chi connectivity index (χ1n) is 8.69. The predicted octanol–water partition coefficient (Wildman–Crippen LogP) is 1.90. The Morgan fingerprint density at radius 3 is 2.32 bits per heavy atom. The molecule has 2 rings (SSSR count). The second-order valence-electron chi connectivity index (χ2n) is 5.74. The lowest BCUT2D eigenvalue weighted by molar-refractivity contribution is -0.682. The van der Waals surface area contributed by atoms with Crippen LogP contribution in [0, 0.1) is 0 Å². The van der Waals surface area contributed by atoms with Crippen LogP contribution in [0.3, 0.4) is 0 Å². The lowest BCUT2D eigenvalue weighted by Gasteiger charge is -2.11. The van der Waals surface area contributed by atoms with Crippen molar-refractivity contribution in [3.05, 3.63) is 60.2 Å². The van der Waals surface area contributed by atoms with Crippen LogP contribution in [-0.2, 0) is 4.79 Å². The van der Waals surface area contributed by atoms with E-state index in [1.807, 2.05) is 54.7 Å². The molecule has 2 aromatic carbocycles. The van der Waals surface area contributed by atoms with Crippen LogP contribution in [0.25, 0.3) is 0 Å². The van der Waals surface area contributed by atoms with Crippen LogP contribution in [0.1, 0.15) is 25.5 Å². The molecular formula is C20H27N2O3+. The normalized spacial score (nSPS) is 11.6. The average molecular weight is 343 g/mol. The summed E-state index contributed by atoms with van der Waals surface area (Å²) in [4.78, 5) is 11.9. The minimum Gasteiger partial charge on any atom is -0.494 e. The summed E-state index contributed by atoms with van der Waals surface area (Å²) in [6, 6.07) is 17.9. The fourth-order valence-corrected chi connectivity index (χ4v) is 2.41. The SMILES string of the molecule is CCOc1ccc(OCCNC(=O)C[NH2+][C@H](C)c2ccccc2)cc1. The number of hydrogen-bond acceptors (Lipinski definition) is 3. The Kier molecular flexibility index (Phi) is 7.79. The van der Waals surface area contributed by atoms with Gasteiger partial charge in [0.25, 0.3) is 5.91 Å². The first-order valence-corrected chi connectivity index (χ1v) is 8.69. The van der Waals surface area contributed by atoms with Crippen molar-refractivity contribution in [2.24, 2.45) is 0 Å². The first kappa shape index (κ1) is 18.8. The van der Waals surface area contributed by atoms with Crippen molar-refractivity contribution in [3.63, 3.8) is 0 Å². The van der Waals surface area contributed by atoms with Gasteiger partial charge in [-0.15, -0.1) is 0 Å². The summed E-state index contributed by atoms with van der Waals surface area (Å²) in [5, 5.41) is 4.90. The topological polar surface area (TPSA) is 64.2 Å². The van der Waals surface area contributed by atoms with E-state index in [1.54, 1.807) is 0 Å². The highest BCUT2D eigenvalue weighted by molar-refractivity contribution is 5.76. The molecule has 0 heterocycles. The first-order chi connectivity index (χ1) is 12.2. The van der Waals surface area contributed by atoms with Gasteiger partial charge in [0.2, 0.25) is 0 Å². The number of hydrogen-bond donors (Lipinski definition) is 2. The number of ether oxygens (including phenoxy) is 2. The van der Waals surface area contributed by atoms with Crippen LogP contribution in [0.5, 0.6) is 11.5 Å². The van der Waals surface area contributed by atoms with Crippen molar-refractivity contribution in [1.29, 1.82) is 0 Å². The molecule has 5 heteroatoms. The van der Waals surface area contributed by atoms with Gasteiger partial charge < -0.3 is 20.1 Å². The molecule has 0 aliphatic carbocycles. The molecule has 1 atom stereocenters. The van der Waals surface area contributed by atoms with Gasteiger partial charge in [-0.1, -0.05) is 30.3 Å². The molecule has 0 bridgehead atoms. The summed E-state index contributed by atoms with van der Waals surface area (Å²) in [6.07, 6.45) is 0. The lowest BCUT2D eigenvalue weighted by atomic mass is 10.1. The van der Waals surface area contributed by atoms with Crippen LogP contribution in [0.2, 0.25) is 0 Å². The maximum atomic E-state index is 11.9. The van der Waals surface area contributed by atoms with Gasteiger partial charge in [-0.05, 0) is 38.1 Å². The molecular weight excluding hydrogens is 316 g/mol. The summed E-state index contributed by atoms with van der Waals surface area (Å²) >= 11 is 0. The summed E-state index contributed by atoms with van der Waals surface area (Å²) < 4.78 is 11.0. The molecule has 1 amide bonds. The molecule has 134 valence electrons. The van der Waals surface area contributed by atoms with E-state index in [2.05, 4.69) is 24.4 Å². The van der Waals surface area contributed by atoms with E-state index >= 15 is 0 Å². The van der Waals surface area contributed by atoms with E-state index in [1.165, 1.54) is 5.56 Å².